The van der Waals surface area contributed by atoms with Gasteiger partial charge in [-0.3, -0.25) is 4.79 Å². The van der Waals surface area contributed by atoms with Gasteiger partial charge < -0.3 is 15.2 Å². The summed E-state index contributed by atoms with van der Waals surface area (Å²) < 4.78 is 4.71. The number of carbonyl (C=O) groups excluding carboxylic acids is 2. The van der Waals surface area contributed by atoms with E-state index in [9.17, 15) is 14.7 Å². The first-order valence-electron chi connectivity index (χ1n) is 7.14. The van der Waals surface area contributed by atoms with Crippen molar-refractivity contribution in [3.63, 3.8) is 0 Å². The Kier molecular flexibility index (Phi) is 7.35. The minimum atomic E-state index is -1.14. The zero-order chi connectivity index (χ0) is 16.7. The van der Waals surface area contributed by atoms with Crippen molar-refractivity contribution in [1.82, 2.24) is 5.32 Å². The van der Waals surface area contributed by atoms with Crippen molar-refractivity contribution in [2.45, 2.75) is 38.8 Å². The molecule has 1 rings (SSSR count). The molecule has 122 valence electrons. The maximum atomic E-state index is 12.0. The minimum Gasteiger partial charge on any atom is -0.467 e. The van der Waals surface area contributed by atoms with E-state index in [2.05, 4.69) is 5.32 Å². The number of benzene rings is 1. The number of halogens is 1. The van der Waals surface area contributed by atoms with Gasteiger partial charge in [-0.2, -0.15) is 0 Å². The lowest BCUT2D eigenvalue weighted by Crippen LogP contribution is -2.47. The predicted octanol–water partition coefficient (Wildman–Crippen LogP) is 1.95. The maximum Gasteiger partial charge on any atom is 0.328 e. The number of methoxy groups -OCH3 is 1. The first kappa shape index (κ1) is 18.5. The molecule has 0 unspecified atom stereocenters. The van der Waals surface area contributed by atoms with Gasteiger partial charge in [0.25, 0.3) is 0 Å². The van der Waals surface area contributed by atoms with Gasteiger partial charge in [0.15, 0.2) is 0 Å². The molecule has 0 aliphatic heterocycles. The smallest absolute Gasteiger partial charge is 0.328 e. The zero-order valence-electron chi connectivity index (χ0n) is 13.0. The van der Waals surface area contributed by atoms with E-state index < -0.39 is 24.0 Å². The lowest BCUT2D eigenvalue weighted by atomic mass is 10.0. The highest BCUT2D eigenvalue weighted by Gasteiger charge is 2.25. The van der Waals surface area contributed by atoms with Crippen LogP contribution in [-0.4, -0.2) is 36.2 Å². The molecule has 0 bridgehead atoms. The summed E-state index contributed by atoms with van der Waals surface area (Å²) >= 11 is 5.82. The van der Waals surface area contributed by atoms with Crippen LogP contribution in [0.4, 0.5) is 0 Å². The summed E-state index contributed by atoms with van der Waals surface area (Å²) in [6.45, 7) is 3.81. The van der Waals surface area contributed by atoms with Crippen molar-refractivity contribution in [2.24, 2.45) is 5.92 Å². The number of hydrogen-bond donors (Lipinski definition) is 2. The number of aliphatic hydroxyl groups is 1. The second-order valence-corrected chi connectivity index (χ2v) is 6.00. The fraction of sp³-hybridized carbons (Fsp3) is 0.500. The largest absolute Gasteiger partial charge is 0.467 e. The molecule has 1 amide bonds. The highest BCUT2D eigenvalue weighted by Crippen LogP contribution is 2.12. The van der Waals surface area contributed by atoms with Crippen LogP contribution in [-0.2, 0) is 20.7 Å². The van der Waals surface area contributed by atoms with E-state index in [0.29, 0.717) is 11.4 Å². The fourth-order valence-electron chi connectivity index (χ4n) is 2.01. The molecule has 5 nitrogen and oxygen atoms in total. The Morgan fingerprint density at radius 2 is 1.86 bits per heavy atom. The van der Waals surface area contributed by atoms with E-state index in [1.54, 1.807) is 24.3 Å². The molecule has 0 aliphatic carbocycles. The number of esters is 1. The van der Waals surface area contributed by atoms with Gasteiger partial charge in [0.1, 0.15) is 12.1 Å². The van der Waals surface area contributed by atoms with Crippen LogP contribution in [0.1, 0.15) is 25.8 Å². The molecule has 0 fully saturated rings. The highest BCUT2D eigenvalue weighted by atomic mass is 35.5. The summed E-state index contributed by atoms with van der Waals surface area (Å²) in [5, 5.41) is 12.9. The first-order valence-corrected chi connectivity index (χ1v) is 7.52. The average Bonchev–Trinajstić information content (AvgIpc) is 2.47. The summed E-state index contributed by atoms with van der Waals surface area (Å²) in [6.07, 6.45) is -0.539. The van der Waals surface area contributed by atoms with Crippen LogP contribution in [0.25, 0.3) is 0 Å². The second-order valence-electron chi connectivity index (χ2n) is 5.56. The van der Waals surface area contributed by atoms with Crippen molar-refractivity contribution < 1.29 is 19.4 Å². The lowest BCUT2D eigenvalue weighted by Gasteiger charge is -2.19. The summed E-state index contributed by atoms with van der Waals surface area (Å²) in [4.78, 5) is 23.8. The van der Waals surface area contributed by atoms with E-state index in [1.807, 2.05) is 13.8 Å². The number of nitrogens with one attached hydrogen (secondary N) is 1. The first-order chi connectivity index (χ1) is 10.3. The van der Waals surface area contributed by atoms with Crippen molar-refractivity contribution in [3.8, 4) is 0 Å². The third-order valence-electron chi connectivity index (χ3n) is 3.15. The molecule has 22 heavy (non-hydrogen) atoms. The third-order valence-corrected chi connectivity index (χ3v) is 3.40. The van der Waals surface area contributed by atoms with E-state index in [1.165, 1.54) is 7.11 Å². The number of ether oxygens (including phenoxy) is 1. The van der Waals surface area contributed by atoms with E-state index >= 15 is 0 Å². The molecule has 0 saturated carbocycles. The molecule has 6 heteroatoms. The van der Waals surface area contributed by atoms with Gasteiger partial charge in [-0.15, -0.1) is 0 Å². The van der Waals surface area contributed by atoms with Crippen molar-refractivity contribution in [2.75, 3.05) is 7.11 Å². The molecule has 2 atom stereocenters. The molecule has 0 aromatic heterocycles. The predicted molar refractivity (Wildman–Crippen MR) is 84.6 cm³/mol. The van der Waals surface area contributed by atoms with Crippen molar-refractivity contribution in [3.05, 3.63) is 34.9 Å². The lowest BCUT2D eigenvalue weighted by molar-refractivity contribution is -0.146. The quantitative estimate of drug-likeness (QED) is 0.751. The summed E-state index contributed by atoms with van der Waals surface area (Å²) in [7, 11) is 1.26. The van der Waals surface area contributed by atoms with Crippen LogP contribution in [0.3, 0.4) is 0 Å². The van der Waals surface area contributed by atoms with Crippen LogP contribution >= 0.6 is 11.6 Å². The van der Waals surface area contributed by atoms with E-state index in [0.717, 1.165) is 5.56 Å². The van der Waals surface area contributed by atoms with Crippen LogP contribution in [0, 0.1) is 5.92 Å². The Balaban J connectivity index is 2.74. The van der Waals surface area contributed by atoms with Crippen LogP contribution < -0.4 is 5.32 Å². The fourth-order valence-corrected chi connectivity index (χ4v) is 2.14. The molecule has 2 N–H and O–H groups in total. The molecule has 0 radical (unpaired) electrons. The van der Waals surface area contributed by atoms with Gasteiger partial charge in [0.2, 0.25) is 5.91 Å². The normalized spacial score (nSPS) is 13.5. The molecule has 0 heterocycles. The molecule has 0 aliphatic rings. The summed E-state index contributed by atoms with van der Waals surface area (Å²) in [5.41, 5.74) is 0.832. The van der Waals surface area contributed by atoms with Gasteiger partial charge in [0, 0.05) is 11.4 Å². The summed E-state index contributed by atoms with van der Waals surface area (Å²) in [5.74, 6) is -0.952. The Morgan fingerprint density at radius 3 is 2.36 bits per heavy atom. The monoisotopic (exact) mass is 327 g/mol. The van der Waals surface area contributed by atoms with Crippen LogP contribution in [0.5, 0.6) is 0 Å². The molecule has 0 saturated heterocycles. The SMILES string of the molecule is COC(=O)[C@H](Cc1ccc(Cl)cc1)NC(=O)[C@@H](O)CC(C)C. The number of aliphatic hydroxyl groups excluding tert-OH is 1. The van der Waals surface area contributed by atoms with Gasteiger partial charge in [-0.1, -0.05) is 37.6 Å². The van der Waals surface area contributed by atoms with E-state index in [-0.39, 0.29) is 12.3 Å². The van der Waals surface area contributed by atoms with Gasteiger partial charge in [-0.25, -0.2) is 4.79 Å². The molecule has 0 spiro atoms. The second kappa shape index (κ2) is 8.76. The van der Waals surface area contributed by atoms with Gasteiger partial charge >= 0.3 is 5.97 Å². The van der Waals surface area contributed by atoms with Crippen LogP contribution in [0.15, 0.2) is 24.3 Å². The number of amides is 1. The molecule has 1 aromatic rings. The Bertz CT molecular complexity index is 501. The summed E-state index contributed by atoms with van der Waals surface area (Å²) in [6, 6.07) is 6.12. The third kappa shape index (κ3) is 6.03. The number of carbonyl (C=O) groups is 2. The van der Waals surface area contributed by atoms with Crippen molar-refractivity contribution in [1.29, 1.82) is 0 Å². The molecular weight excluding hydrogens is 306 g/mol. The molecular formula is C16H22ClNO4. The number of rotatable bonds is 7. The molecule has 1 aromatic carbocycles. The number of hydrogen-bond acceptors (Lipinski definition) is 4. The zero-order valence-corrected chi connectivity index (χ0v) is 13.8. The van der Waals surface area contributed by atoms with Gasteiger partial charge in [-0.05, 0) is 30.0 Å². The standard InChI is InChI=1S/C16H22ClNO4/c1-10(2)8-14(19)15(20)18-13(16(21)22-3)9-11-4-6-12(17)7-5-11/h4-7,10,13-14,19H,8-9H2,1-3H3,(H,18,20)/t13-,14-/m0/s1. The maximum absolute atomic E-state index is 12.0. The Morgan fingerprint density at radius 1 is 1.27 bits per heavy atom. The van der Waals surface area contributed by atoms with Gasteiger partial charge in [0.05, 0.1) is 7.11 Å². The van der Waals surface area contributed by atoms with E-state index in [4.69, 9.17) is 16.3 Å². The average molecular weight is 328 g/mol. The van der Waals surface area contributed by atoms with Crippen LogP contribution in [0.2, 0.25) is 5.02 Å². The Labute approximate surface area is 135 Å². The topological polar surface area (TPSA) is 75.6 Å². The van der Waals surface area contributed by atoms with Crippen molar-refractivity contribution >= 4 is 23.5 Å². The highest BCUT2D eigenvalue weighted by molar-refractivity contribution is 6.30. The minimum absolute atomic E-state index is 0.175. The Hall–Kier alpha value is -1.59.